The largest absolute Gasteiger partial charge is 0.508 e. The van der Waals surface area contributed by atoms with Gasteiger partial charge in [0.05, 0.1) is 5.69 Å². The van der Waals surface area contributed by atoms with Gasteiger partial charge in [-0.2, -0.15) is 4.99 Å². The number of piperidine rings is 1. The first-order valence-corrected chi connectivity index (χ1v) is 8.76. The zero-order chi connectivity index (χ0) is 15.4. The molecular weight excluding hydrogens is 423 g/mol. The van der Waals surface area contributed by atoms with Crippen molar-refractivity contribution in [2.75, 3.05) is 32.4 Å². The highest BCUT2D eigenvalue weighted by atomic mass is 127. The van der Waals surface area contributed by atoms with E-state index in [1.807, 2.05) is 12.1 Å². The van der Waals surface area contributed by atoms with Crippen molar-refractivity contribution >= 4 is 52.6 Å². The zero-order valence-corrected chi connectivity index (χ0v) is 16.5. The predicted molar refractivity (Wildman–Crippen MR) is 109 cm³/mol. The van der Waals surface area contributed by atoms with Crippen molar-refractivity contribution in [2.45, 2.75) is 19.3 Å². The second-order valence-electron chi connectivity index (χ2n) is 5.64. The molecule has 23 heavy (non-hydrogen) atoms. The summed E-state index contributed by atoms with van der Waals surface area (Å²) in [6, 6.07) is 6.97. The normalized spacial score (nSPS) is 20.7. The number of guanidine groups is 1. The molecule has 0 saturated carbocycles. The van der Waals surface area contributed by atoms with Crippen LogP contribution < -0.4 is 0 Å². The number of hydrogen-bond donors (Lipinski definition) is 1. The summed E-state index contributed by atoms with van der Waals surface area (Å²) in [5, 5.41) is 10.5. The van der Waals surface area contributed by atoms with Crippen molar-refractivity contribution in [3.05, 3.63) is 24.3 Å². The number of halogens is 1. The van der Waals surface area contributed by atoms with E-state index in [0.717, 1.165) is 42.2 Å². The molecule has 0 radical (unpaired) electrons. The van der Waals surface area contributed by atoms with Crippen molar-refractivity contribution in [2.24, 2.45) is 9.98 Å². The SMILES string of the molecule is CN1CCSC1=NC(=Nc1ccc(O)cc1)N1CCCCC1.I. The van der Waals surface area contributed by atoms with Gasteiger partial charge in [-0.15, -0.1) is 24.0 Å². The molecule has 2 aliphatic heterocycles. The number of hydrogen-bond acceptors (Lipinski definition) is 3. The average molecular weight is 446 g/mol. The molecule has 3 rings (SSSR count). The molecule has 2 heterocycles. The highest BCUT2D eigenvalue weighted by molar-refractivity contribution is 14.0. The second kappa shape index (κ2) is 8.77. The highest BCUT2D eigenvalue weighted by Crippen LogP contribution is 2.21. The van der Waals surface area contributed by atoms with Gasteiger partial charge < -0.3 is 14.9 Å². The lowest BCUT2D eigenvalue weighted by atomic mass is 10.1. The van der Waals surface area contributed by atoms with Crippen molar-refractivity contribution in [3.8, 4) is 5.75 Å². The monoisotopic (exact) mass is 446 g/mol. The number of rotatable bonds is 1. The molecule has 0 aromatic heterocycles. The van der Waals surface area contributed by atoms with Crippen LogP contribution in [0.5, 0.6) is 5.75 Å². The lowest BCUT2D eigenvalue weighted by molar-refractivity contribution is 0.339. The van der Waals surface area contributed by atoms with E-state index in [4.69, 9.17) is 9.98 Å². The molecule has 5 nitrogen and oxygen atoms in total. The number of thioether (sulfide) groups is 1. The van der Waals surface area contributed by atoms with Crippen LogP contribution in [0.4, 0.5) is 5.69 Å². The topological polar surface area (TPSA) is 51.4 Å². The fraction of sp³-hybridized carbons (Fsp3) is 0.500. The Balaban J connectivity index is 0.00000192. The number of phenols is 1. The molecule has 2 saturated heterocycles. The molecule has 7 heteroatoms. The van der Waals surface area contributed by atoms with Crippen LogP contribution in [0.1, 0.15) is 19.3 Å². The molecule has 0 unspecified atom stereocenters. The summed E-state index contributed by atoms with van der Waals surface area (Å²) in [5.41, 5.74) is 0.827. The van der Waals surface area contributed by atoms with Crippen LogP contribution in [0, 0.1) is 0 Å². The van der Waals surface area contributed by atoms with E-state index < -0.39 is 0 Å². The van der Waals surface area contributed by atoms with Crippen molar-refractivity contribution in [3.63, 3.8) is 0 Å². The average Bonchev–Trinajstić information content (AvgIpc) is 2.95. The van der Waals surface area contributed by atoms with Gasteiger partial charge >= 0.3 is 0 Å². The highest BCUT2D eigenvalue weighted by Gasteiger charge is 2.20. The van der Waals surface area contributed by atoms with E-state index >= 15 is 0 Å². The van der Waals surface area contributed by atoms with Gasteiger partial charge in [0.15, 0.2) is 5.17 Å². The van der Waals surface area contributed by atoms with Crippen molar-refractivity contribution < 1.29 is 5.11 Å². The van der Waals surface area contributed by atoms with Gasteiger partial charge in [-0.25, -0.2) is 4.99 Å². The second-order valence-corrected chi connectivity index (χ2v) is 6.70. The number of nitrogens with zero attached hydrogens (tertiary/aromatic N) is 4. The number of likely N-dealkylation sites (tertiary alicyclic amines) is 1. The van der Waals surface area contributed by atoms with E-state index in [0.29, 0.717) is 0 Å². The molecule has 1 aromatic carbocycles. The molecule has 126 valence electrons. The van der Waals surface area contributed by atoms with Crippen LogP contribution >= 0.6 is 35.7 Å². The van der Waals surface area contributed by atoms with E-state index in [9.17, 15) is 5.11 Å². The number of phenolic OH excluding ortho intramolecular Hbond substituents is 1. The van der Waals surface area contributed by atoms with Crippen LogP contribution in [0.2, 0.25) is 0 Å². The van der Waals surface area contributed by atoms with Crippen LogP contribution in [0.3, 0.4) is 0 Å². The molecular formula is C16H23IN4OS. The summed E-state index contributed by atoms with van der Waals surface area (Å²) >= 11 is 1.78. The van der Waals surface area contributed by atoms with Gasteiger partial charge in [0.25, 0.3) is 0 Å². The summed E-state index contributed by atoms with van der Waals surface area (Å²) in [4.78, 5) is 14.0. The lowest BCUT2D eigenvalue weighted by Crippen LogP contribution is -2.35. The number of aromatic hydroxyl groups is 1. The van der Waals surface area contributed by atoms with Gasteiger partial charge in [-0.05, 0) is 43.5 Å². The maximum atomic E-state index is 9.41. The molecule has 0 aliphatic carbocycles. The zero-order valence-electron chi connectivity index (χ0n) is 13.3. The summed E-state index contributed by atoms with van der Waals surface area (Å²) in [6.07, 6.45) is 3.68. The van der Waals surface area contributed by atoms with Crippen LogP contribution in [-0.4, -0.2) is 58.5 Å². The Labute approximate surface area is 158 Å². The first kappa shape index (κ1) is 18.4. The summed E-state index contributed by atoms with van der Waals surface area (Å²) in [5.74, 6) is 2.14. The number of benzene rings is 1. The summed E-state index contributed by atoms with van der Waals surface area (Å²) < 4.78 is 0. The Morgan fingerprint density at radius 3 is 2.39 bits per heavy atom. The third kappa shape index (κ3) is 5.00. The Kier molecular flexibility index (Phi) is 7.01. The number of aliphatic imine (C=N–C) groups is 2. The molecule has 0 atom stereocenters. The fourth-order valence-electron chi connectivity index (χ4n) is 2.59. The van der Waals surface area contributed by atoms with Gasteiger partial charge in [-0.3, -0.25) is 0 Å². The van der Waals surface area contributed by atoms with Crippen molar-refractivity contribution in [1.82, 2.24) is 9.80 Å². The van der Waals surface area contributed by atoms with Gasteiger partial charge in [0.2, 0.25) is 5.96 Å². The lowest BCUT2D eigenvalue weighted by Gasteiger charge is -2.28. The predicted octanol–water partition coefficient (Wildman–Crippen LogP) is 3.52. The first-order valence-electron chi connectivity index (χ1n) is 7.78. The minimum Gasteiger partial charge on any atom is -0.508 e. The van der Waals surface area contributed by atoms with Crippen LogP contribution in [0.25, 0.3) is 0 Å². The van der Waals surface area contributed by atoms with E-state index in [2.05, 4.69) is 16.8 Å². The Morgan fingerprint density at radius 1 is 1.09 bits per heavy atom. The fourth-order valence-corrected chi connectivity index (χ4v) is 3.59. The Bertz CT molecular complexity index is 570. The molecule has 2 fully saturated rings. The third-order valence-corrected chi connectivity index (χ3v) is 4.95. The van der Waals surface area contributed by atoms with E-state index in [1.165, 1.54) is 19.3 Å². The first-order chi connectivity index (χ1) is 10.7. The Hall–Kier alpha value is -0.960. The van der Waals surface area contributed by atoms with Crippen LogP contribution in [-0.2, 0) is 0 Å². The summed E-state index contributed by atoms with van der Waals surface area (Å²) in [6.45, 7) is 3.07. The molecule has 1 aromatic rings. The maximum absolute atomic E-state index is 9.41. The number of amidine groups is 1. The molecule has 0 amide bonds. The van der Waals surface area contributed by atoms with Crippen molar-refractivity contribution in [1.29, 1.82) is 0 Å². The molecule has 0 bridgehead atoms. The van der Waals surface area contributed by atoms with E-state index in [1.54, 1.807) is 23.9 Å². The standard InChI is InChI=1S/C16H22N4OS.HI/c1-19-11-12-22-16(19)18-15(20-9-3-2-4-10-20)17-13-5-7-14(21)8-6-13;/h5-8,21H,2-4,9-12H2,1H3;1H. The third-order valence-electron chi connectivity index (χ3n) is 3.90. The quantitative estimate of drug-likeness (QED) is 0.408. The minimum atomic E-state index is 0. The van der Waals surface area contributed by atoms with Gasteiger partial charge in [0.1, 0.15) is 5.75 Å². The molecule has 1 N–H and O–H groups in total. The smallest absolute Gasteiger partial charge is 0.228 e. The van der Waals surface area contributed by atoms with Gasteiger partial charge in [-0.1, -0.05) is 11.8 Å². The van der Waals surface area contributed by atoms with Gasteiger partial charge in [0, 0.05) is 32.4 Å². The van der Waals surface area contributed by atoms with E-state index in [-0.39, 0.29) is 29.7 Å². The van der Waals surface area contributed by atoms with Crippen LogP contribution in [0.15, 0.2) is 34.3 Å². The molecule has 2 aliphatic rings. The maximum Gasteiger partial charge on any atom is 0.228 e. The minimum absolute atomic E-state index is 0. The summed E-state index contributed by atoms with van der Waals surface area (Å²) in [7, 11) is 2.08. The molecule has 0 spiro atoms. The Morgan fingerprint density at radius 2 is 1.78 bits per heavy atom.